The van der Waals surface area contributed by atoms with Crippen LogP contribution in [0.2, 0.25) is 0 Å². The number of rotatable bonds is 6. The van der Waals surface area contributed by atoms with Crippen LogP contribution < -0.4 is 0 Å². The summed E-state index contributed by atoms with van der Waals surface area (Å²) in [6.45, 7) is 1.82. The number of halogens is 3. The average Bonchev–Trinajstić information content (AvgIpc) is 3.50. The Kier molecular flexibility index (Phi) is 5.97. The molecule has 4 heterocycles. The van der Waals surface area contributed by atoms with Gasteiger partial charge in [-0.2, -0.15) is 18.3 Å². The number of alkyl halides is 3. The molecule has 0 fully saturated rings. The number of ether oxygens (including phenoxy) is 1. The highest BCUT2D eigenvalue weighted by molar-refractivity contribution is 6.11. The summed E-state index contributed by atoms with van der Waals surface area (Å²) >= 11 is 0. The molecule has 0 saturated carbocycles. The quantitative estimate of drug-likeness (QED) is 0.306. The Balaban J connectivity index is 1.87. The summed E-state index contributed by atoms with van der Waals surface area (Å²) in [6.07, 6.45) is -3.97. The van der Waals surface area contributed by atoms with E-state index in [1.165, 1.54) is 11.8 Å². The lowest BCUT2D eigenvalue weighted by Gasteiger charge is -2.23. The maximum absolute atomic E-state index is 13.5. The molecule has 5 aromatic rings. The minimum absolute atomic E-state index is 0.00544. The van der Waals surface area contributed by atoms with Crippen molar-refractivity contribution in [2.45, 2.75) is 32.0 Å². The fraction of sp³-hybridized carbons (Fsp3) is 0.320. The first-order chi connectivity index (χ1) is 17.6. The van der Waals surface area contributed by atoms with Gasteiger partial charge in [0.2, 0.25) is 0 Å². The van der Waals surface area contributed by atoms with Crippen molar-refractivity contribution in [3.8, 4) is 11.3 Å². The van der Waals surface area contributed by atoms with Gasteiger partial charge in [-0.25, -0.2) is 9.48 Å². The van der Waals surface area contributed by atoms with Crippen LogP contribution in [0, 0.1) is 6.92 Å². The van der Waals surface area contributed by atoms with Crippen LogP contribution in [0.15, 0.2) is 42.6 Å². The van der Waals surface area contributed by atoms with E-state index >= 15 is 0 Å². The SMILES string of the molecule is COC(=O)c1nn(C)c2c3ncc(-c4c(C)nnn4C)cc3n(C(CCC(F)(F)F)c3ccccc3)c12. The van der Waals surface area contributed by atoms with Gasteiger partial charge in [-0.05, 0) is 25.0 Å². The third-order valence-corrected chi connectivity index (χ3v) is 6.46. The minimum atomic E-state index is -4.36. The zero-order chi connectivity index (χ0) is 26.5. The molecule has 1 aromatic carbocycles. The smallest absolute Gasteiger partial charge is 0.389 e. The molecular weight excluding hydrogens is 487 g/mol. The van der Waals surface area contributed by atoms with Gasteiger partial charge < -0.3 is 9.30 Å². The third-order valence-electron chi connectivity index (χ3n) is 6.46. The zero-order valence-corrected chi connectivity index (χ0v) is 20.6. The Morgan fingerprint density at radius 2 is 1.84 bits per heavy atom. The molecule has 12 heteroatoms. The van der Waals surface area contributed by atoms with Crippen molar-refractivity contribution in [1.29, 1.82) is 0 Å². The lowest BCUT2D eigenvalue weighted by molar-refractivity contribution is -0.136. The molecule has 1 atom stereocenters. The van der Waals surface area contributed by atoms with Gasteiger partial charge >= 0.3 is 12.1 Å². The van der Waals surface area contributed by atoms with Gasteiger partial charge in [0, 0.05) is 32.3 Å². The van der Waals surface area contributed by atoms with Crippen LogP contribution in [0.1, 0.15) is 40.6 Å². The van der Waals surface area contributed by atoms with E-state index in [4.69, 9.17) is 4.74 Å². The second kappa shape index (κ2) is 9.02. The van der Waals surface area contributed by atoms with Crippen LogP contribution in [0.5, 0.6) is 0 Å². The number of hydrogen-bond donors (Lipinski definition) is 0. The van der Waals surface area contributed by atoms with E-state index in [9.17, 15) is 18.0 Å². The Morgan fingerprint density at radius 1 is 1.11 bits per heavy atom. The Morgan fingerprint density at radius 3 is 2.46 bits per heavy atom. The molecule has 37 heavy (non-hydrogen) atoms. The first-order valence-electron chi connectivity index (χ1n) is 11.5. The summed E-state index contributed by atoms with van der Waals surface area (Å²) < 4.78 is 50.3. The van der Waals surface area contributed by atoms with Crippen LogP contribution in [-0.4, -0.2) is 53.6 Å². The molecule has 9 nitrogen and oxygen atoms in total. The number of fused-ring (bicyclic) bond motifs is 3. The monoisotopic (exact) mass is 511 g/mol. The standard InChI is InChI=1S/C25H24F3N7O2/c1-14-21(34(3)32-30-14)16-12-18-19(29-13-16)22-23(20(24(36)37-4)31-33(22)2)35(18)17(10-11-25(26,27)28)15-8-6-5-7-9-15/h5-9,12-13,17H,10-11H2,1-4H3. The van der Waals surface area contributed by atoms with Crippen LogP contribution in [0.3, 0.4) is 0 Å². The number of carbonyl (C=O) groups is 1. The summed E-state index contributed by atoms with van der Waals surface area (Å²) in [5.41, 5.74) is 4.71. The van der Waals surface area contributed by atoms with Crippen LogP contribution in [0.4, 0.5) is 13.2 Å². The number of benzene rings is 1. The minimum Gasteiger partial charge on any atom is -0.464 e. The summed E-state index contributed by atoms with van der Waals surface area (Å²) in [6, 6.07) is 9.99. The van der Waals surface area contributed by atoms with E-state index in [-0.39, 0.29) is 12.1 Å². The fourth-order valence-corrected chi connectivity index (χ4v) is 4.91. The first-order valence-corrected chi connectivity index (χ1v) is 11.5. The van der Waals surface area contributed by atoms with Crippen molar-refractivity contribution >= 4 is 28.0 Å². The number of hydrogen-bond acceptors (Lipinski definition) is 6. The maximum atomic E-state index is 13.5. The molecule has 0 bridgehead atoms. The number of esters is 1. The van der Waals surface area contributed by atoms with Gasteiger partial charge in [-0.1, -0.05) is 35.5 Å². The molecule has 192 valence electrons. The van der Waals surface area contributed by atoms with Crippen molar-refractivity contribution in [2.75, 3.05) is 7.11 Å². The predicted molar refractivity (Wildman–Crippen MR) is 130 cm³/mol. The zero-order valence-electron chi connectivity index (χ0n) is 20.6. The molecule has 0 saturated heterocycles. The molecule has 0 aliphatic carbocycles. The lowest BCUT2D eigenvalue weighted by atomic mass is 10.0. The van der Waals surface area contributed by atoms with Gasteiger partial charge in [0.1, 0.15) is 16.6 Å². The van der Waals surface area contributed by atoms with Gasteiger partial charge in [0.25, 0.3) is 0 Å². The van der Waals surface area contributed by atoms with Crippen molar-refractivity contribution < 1.29 is 22.7 Å². The summed E-state index contributed by atoms with van der Waals surface area (Å²) in [5.74, 6) is -0.691. The lowest BCUT2D eigenvalue weighted by Crippen LogP contribution is -2.17. The molecule has 4 aromatic heterocycles. The third kappa shape index (κ3) is 4.21. The molecule has 0 N–H and O–H groups in total. The largest absolute Gasteiger partial charge is 0.464 e. The van der Waals surface area contributed by atoms with E-state index in [0.29, 0.717) is 38.9 Å². The number of aromatic nitrogens is 7. The molecule has 0 aliphatic heterocycles. The summed E-state index contributed by atoms with van der Waals surface area (Å²) in [5, 5.41) is 12.5. The van der Waals surface area contributed by atoms with Gasteiger partial charge in [0.15, 0.2) is 5.69 Å². The molecule has 5 rings (SSSR count). The van der Waals surface area contributed by atoms with E-state index in [2.05, 4.69) is 20.4 Å². The van der Waals surface area contributed by atoms with E-state index in [1.807, 2.05) is 13.0 Å². The van der Waals surface area contributed by atoms with Crippen LogP contribution in [0.25, 0.3) is 33.3 Å². The highest BCUT2D eigenvalue weighted by atomic mass is 19.4. The fourth-order valence-electron chi connectivity index (χ4n) is 4.91. The number of carbonyl (C=O) groups excluding carboxylic acids is 1. The van der Waals surface area contributed by atoms with E-state index in [0.717, 1.165) is 5.69 Å². The highest BCUT2D eigenvalue weighted by Gasteiger charge is 2.33. The Bertz CT molecular complexity index is 1600. The van der Waals surface area contributed by atoms with Crippen molar-refractivity contribution in [2.24, 2.45) is 14.1 Å². The number of pyridine rings is 1. The number of methoxy groups -OCH3 is 1. The normalized spacial score (nSPS) is 12.9. The van der Waals surface area contributed by atoms with Crippen molar-refractivity contribution in [3.05, 3.63) is 59.5 Å². The van der Waals surface area contributed by atoms with Crippen molar-refractivity contribution in [3.63, 3.8) is 0 Å². The summed E-state index contributed by atoms with van der Waals surface area (Å²) in [7, 11) is 4.66. The number of aryl methyl sites for hydroxylation is 3. The second-order valence-electron chi connectivity index (χ2n) is 8.85. The van der Waals surface area contributed by atoms with Gasteiger partial charge in [0.05, 0.1) is 30.1 Å². The molecule has 0 radical (unpaired) electrons. The maximum Gasteiger partial charge on any atom is 0.389 e. The number of nitrogens with zero attached hydrogens (tertiary/aromatic N) is 7. The second-order valence-corrected chi connectivity index (χ2v) is 8.85. The molecule has 0 amide bonds. The first kappa shape index (κ1) is 24.5. The Labute approximate surface area is 209 Å². The van der Waals surface area contributed by atoms with Crippen molar-refractivity contribution in [1.82, 2.24) is 34.3 Å². The van der Waals surface area contributed by atoms with E-state index in [1.54, 1.807) is 59.9 Å². The van der Waals surface area contributed by atoms with Crippen LogP contribution in [-0.2, 0) is 18.8 Å². The predicted octanol–water partition coefficient (Wildman–Crippen LogP) is 4.75. The van der Waals surface area contributed by atoms with Gasteiger partial charge in [-0.3, -0.25) is 9.67 Å². The molecule has 0 aliphatic rings. The van der Waals surface area contributed by atoms with E-state index < -0.39 is 24.6 Å². The molecule has 1 unspecified atom stereocenters. The summed E-state index contributed by atoms with van der Waals surface area (Å²) in [4.78, 5) is 17.4. The molecular formula is C25H24F3N7O2. The topological polar surface area (TPSA) is 92.7 Å². The Hall–Kier alpha value is -4.22. The average molecular weight is 512 g/mol. The highest BCUT2D eigenvalue weighted by Crippen LogP contribution is 2.40. The van der Waals surface area contributed by atoms with Gasteiger partial charge in [-0.15, -0.1) is 5.10 Å². The molecule has 0 spiro atoms. The van der Waals surface area contributed by atoms with Crippen LogP contribution >= 0.6 is 0 Å².